The molecule has 1 unspecified atom stereocenters. The fourth-order valence-electron chi connectivity index (χ4n) is 10.5. The Bertz CT molecular complexity index is 2710. The second-order valence-electron chi connectivity index (χ2n) is 20.2. The average molecular weight is 957 g/mol. The van der Waals surface area contributed by atoms with Crippen molar-refractivity contribution in [2.24, 2.45) is 24.0 Å². The first-order valence-electron chi connectivity index (χ1n) is 24.0. The summed E-state index contributed by atoms with van der Waals surface area (Å²) in [5, 5.41) is 21.8. The van der Waals surface area contributed by atoms with Crippen LogP contribution in [-0.2, 0) is 21.4 Å². The summed E-state index contributed by atoms with van der Waals surface area (Å²) in [6.45, 7) is 8.31. The van der Waals surface area contributed by atoms with Crippen LogP contribution in [0.3, 0.4) is 0 Å². The molecule has 21 heteroatoms. The van der Waals surface area contributed by atoms with E-state index >= 15 is 0 Å². The number of carbonyl (C=O) groups is 4. The van der Waals surface area contributed by atoms with Crippen LogP contribution in [0.25, 0.3) is 16.6 Å². The maximum Gasteiger partial charge on any atom is 0.407 e. The van der Waals surface area contributed by atoms with Crippen LogP contribution < -0.4 is 25.8 Å². The van der Waals surface area contributed by atoms with Crippen molar-refractivity contribution >= 4 is 63.8 Å². The van der Waals surface area contributed by atoms with Gasteiger partial charge in [-0.05, 0) is 103 Å². The molecule has 9 rings (SSSR count). The number of fused-ring (bicyclic) bond motifs is 2. The molecule has 3 aromatic heterocycles. The summed E-state index contributed by atoms with van der Waals surface area (Å²) in [6.07, 6.45) is 7.99. The van der Waals surface area contributed by atoms with E-state index in [1.807, 2.05) is 17.9 Å². The molecule has 18 nitrogen and oxygen atoms in total. The summed E-state index contributed by atoms with van der Waals surface area (Å²) in [4.78, 5) is 61.6. The van der Waals surface area contributed by atoms with Crippen molar-refractivity contribution in [2.75, 3.05) is 49.6 Å². The van der Waals surface area contributed by atoms with Crippen LogP contribution in [0.2, 0.25) is 0 Å². The third kappa shape index (κ3) is 10.8. The van der Waals surface area contributed by atoms with E-state index in [1.165, 1.54) is 21.6 Å². The molecule has 5 aliphatic rings. The number of imide groups is 1. The van der Waals surface area contributed by atoms with Gasteiger partial charge < -0.3 is 30.1 Å². The van der Waals surface area contributed by atoms with Gasteiger partial charge in [-0.3, -0.25) is 24.4 Å². The number of halogens is 3. The Morgan fingerprint density at radius 1 is 1.04 bits per heavy atom. The average Bonchev–Trinajstić information content (AvgIpc) is 4.00. The first kappa shape index (κ1) is 47.7. The van der Waals surface area contributed by atoms with Gasteiger partial charge in [-0.1, -0.05) is 4.68 Å². The standard InChI is InChI=1S/C48H60F3N13O5/c1-48(2,3)69-47(68)53-31-20-30(49)25-62(26-31)39-16-19-64-44(55-39)36(22-52-64)46(67)54-37-27-63(58-42(37)43(50)51)24-29-8-6-28(7-9-29)23-59(4)32-14-17-61(18-15-32)33-10-11-34-38(21-33)60(5)57-41(34)35-12-13-40(65)56-45(35)66/h10-11,16,19,21-22,24,27-32,35,43H,6-9,12-15,17-18,20,23,25-26H2,1-5H3,(H2-,53,54,56,65,66,67,68)/p+1/b63-24-/t28?,29?,30-,31-,35?/m1/s1. The number of hydrogen-bond donors (Lipinski definition) is 3. The highest BCUT2D eigenvalue weighted by atomic mass is 19.3. The number of aryl methyl sites for hydroxylation is 1. The number of anilines is 2. The van der Waals surface area contributed by atoms with Gasteiger partial charge in [-0.2, -0.15) is 10.2 Å². The Balaban J connectivity index is 0.768. The molecule has 1 saturated carbocycles. The zero-order chi connectivity index (χ0) is 48.7. The van der Waals surface area contributed by atoms with Gasteiger partial charge in [0, 0.05) is 80.4 Å². The predicted octanol–water partition coefficient (Wildman–Crippen LogP) is 5.27. The van der Waals surface area contributed by atoms with Gasteiger partial charge in [0.2, 0.25) is 23.7 Å². The maximum absolute atomic E-state index is 14.9. The number of hydrazone groups is 1. The van der Waals surface area contributed by atoms with Crippen molar-refractivity contribution in [3.8, 4) is 0 Å². The molecule has 4 aliphatic heterocycles. The summed E-state index contributed by atoms with van der Waals surface area (Å²) < 4.78 is 53.6. The van der Waals surface area contributed by atoms with Gasteiger partial charge in [-0.25, -0.2) is 27.5 Å². The molecule has 4 aromatic rings. The van der Waals surface area contributed by atoms with E-state index in [1.54, 1.807) is 37.9 Å². The molecule has 4 fully saturated rings. The number of benzene rings is 1. The first-order valence-corrected chi connectivity index (χ1v) is 24.0. The van der Waals surface area contributed by atoms with Crippen LogP contribution in [0.15, 0.2) is 53.7 Å². The lowest BCUT2D eigenvalue weighted by molar-refractivity contribution is -0.456. The number of rotatable bonds is 11. The first-order chi connectivity index (χ1) is 32.9. The Morgan fingerprint density at radius 2 is 1.81 bits per heavy atom. The molecule has 69 heavy (non-hydrogen) atoms. The van der Waals surface area contributed by atoms with Crippen molar-refractivity contribution in [3.63, 3.8) is 0 Å². The number of amides is 4. The molecule has 0 radical (unpaired) electrons. The highest BCUT2D eigenvalue weighted by Crippen LogP contribution is 2.34. The number of nitrogens with zero attached hydrogens (tertiary/aromatic N) is 10. The normalized spacial score (nSPS) is 24.6. The third-order valence-corrected chi connectivity index (χ3v) is 13.9. The zero-order valence-electron chi connectivity index (χ0n) is 39.7. The van der Waals surface area contributed by atoms with E-state index in [4.69, 9.17) is 9.84 Å². The van der Waals surface area contributed by atoms with Gasteiger partial charge >= 0.3 is 6.09 Å². The van der Waals surface area contributed by atoms with Crippen LogP contribution in [0.1, 0.15) is 101 Å². The SMILES string of the molecule is CN(CC1CCC(/C=[N+]2/C=C(NC(=O)c3cnn4ccc(N5C[C@H](F)C[C@@H](NC(=O)OC(C)(C)C)C5)nc34)C(C(F)F)=N2)CC1)C1CCN(c2ccc3c(C4CCC(=O)NC4=O)nn(C)c3c2)CC1. The lowest BCUT2D eigenvalue weighted by atomic mass is 9.82. The molecule has 0 bridgehead atoms. The van der Waals surface area contributed by atoms with E-state index in [2.05, 4.69) is 66.2 Å². The zero-order valence-corrected chi connectivity index (χ0v) is 39.7. The maximum atomic E-state index is 14.9. The Hall–Kier alpha value is -6.38. The number of carbonyl (C=O) groups excluding carboxylic acids is 4. The van der Waals surface area contributed by atoms with E-state index < -0.39 is 47.9 Å². The Labute approximate surface area is 398 Å². The van der Waals surface area contributed by atoms with Crippen molar-refractivity contribution < 1.29 is 41.8 Å². The van der Waals surface area contributed by atoms with Crippen molar-refractivity contribution in [3.05, 3.63) is 59.8 Å². The number of nitrogens with one attached hydrogen (secondary N) is 3. The lowest BCUT2D eigenvalue weighted by Gasteiger charge is -2.39. The number of hydrogen-bond acceptors (Lipinski definition) is 12. The number of piperidine rings is 3. The quantitative estimate of drug-likeness (QED) is 0.131. The van der Waals surface area contributed by atoms with Gasteiger partial charge in [0.05, 0.1) is 35.9 Å². The Morgan fingerprint density at radius 3 is 2.54 bits per heavy atom. The van der Waals surface area contributed by atoms with Gasteiger partial charge in [0.15, 0.2) is 11.9 Å². The molecule has 3 atom stereocenters. The summed E-state index contributed by atoms with van der Waals surface area (Å²) in [5.74, 6) is -0.674. The summed E-state index contributed by atoms with van der Waals surface area (Å²) in [5.41, 5.74) is 1.60. The smallest absolute Gasteiger partial charge is 0.407 e. The predicted molar refractivity (Wildman–Crippen MR) is 252 cm³/mol. The van der Waals surface area contributed by atoms with E-state index in [0.29, 0.717) is 36.3 Å². The van der Waals surface area contributed by atoms with Crippen molar-refractivity contribution in [1.82, 2.24) is 45.2 Å². The second-order valence-corrected chi connectivity index (χ2v) is 20.2. The molecule has 7 heterocycles. The van der Waals surface area contributed by atoms with Crippen LogP contribution in [0, 0.1) is 11.8 Å². The number of allylic oxidation sites excluding steroid dienone is 1. The van der Waals surface area contributed by atoms with Gasteiger partial charge in [-0.15, -0.1) is 0 Å². The van der Waals surface area contributed by atoms with Crippen molar-refractivity contribution in [2.45, 2.75) is 115 Å². The molecule has 368 valence electrons. The Kier molecular flexibility index (Phi) is 13.5. The van der Waals surface area contributed by atoms with Crippen LogP contribution in [0.5, 0.6) is 0 Å². The molecular formula is C48H61F3N13O5+. The minimum Gasteiger partial charge on any atom is -0.444 e. The minimum absolute atomic E-state index is 0.0188. The van der Waals surface area contributed by atoms with Crippen molar-refractivity contribution in [1.29, 1.82) is 0 Å². The molecule has 3 N–H and O–H groups in total. The number of alkyl carbamates (subject to hydrolysis) is 1. The number of alkyl halides is 3. The molecule has 4 amide bonds. The minimum atomic E-state index is -2.94. The molecule has 1 aromatic carbocycles. The van der Waals surface area contributed by atoms with Crippen LogP contribution >= 0.6 is 0 Å². The second kappa shape index (κ2) is 19.6. The molecular weight excluding hydrogens is 896 g/mol. The largest absolute Gasteiger partial charge is 0.444 e. The fraction of sp³-hybridized carbons (Fsp3) is 0.562. The van der Waals surface area contributed by atoms with E-state index in [-0.39, 0.29) is 54.2 Å². The topological polar surface area (TPSA) is 187 Å². The van der Waals surface area contributed by atoms with Gasteiger partial charge in [0.1, 0.15) is 28.9 Å². The molecule has 1 aliphatic carbocycles. The number of ether oxygens (including phenoxy) is 1. The number of aromatic nitrogens is 5. The fourth-order valence-corrected chi connectivity index (χ4v) is 10.5. The highest BCUT2D eigenvalue weighted by molar-refractivity contribution is 6.09. The molecule has 0 spiro atoms. The van der Waals surface area contributed by atoms with E-state index in [9.17, 15) is 32.3 Å². The molecule has 3 saturated heterocycles. The monoisotopic (exact) mass is 956 g/mol. The summed E-state index contributed by atoms with van der Waals surface area (Å²) in [7, 11) is 4.10. The lowest BCUT2D eigenvalue weighted by Crippen LogP contribution is -2.52. The third-order valence-electron chi connectivity index (χ3n) is 13.9. The van der Waals surface area contributed by atoms with E-state index in [0.717, 1.165) is 74.7 Å². The van der Waals surface area contributed by atoms with Gasteiger partial charge in [0.25, 0.3) is 12.3 Å². The van der Waals surface area contributed by atoms with Crippen LogP contribution in [0.4, 0.5) is 29.5 Å². The highest BCUT2D eigenvalue weighted by Gasteiger charge is 2.36. The summed E-state index contributed by atoms with van der Waals surface area (Å²) >= 11 is 0. The van der Waals surface area contributed by atoms with Crippen LogP contribution in [-0.4, -0.2) is 140 Å². The summed E-state index contributed by atoms with van der Waals surface area (Å²) in [6, 6.07) is 7.84.